The van der Waals surface area contributed by atoms with E-state index in [0.29, 0.717) is 19.1 Å². The summed E-state index contributed by atoms with van der Waals surface area (Å²) in [7, 11) is 0. The number of likely N-dealkylation sites (tertiary alicyclic amines) is 1. The summed E-state index contributed by atoms with van der Waals surface area (Å²) < 4.78 is 4.95. The molecule has 0 aromatic carbocycles. The summed E-state index contributed by atoms with van der Waals surface area (Å²) in [5.74, 6) is -0.109. The molecular formula is C14H28N2O2. The third kappa shape index (κ3) is 6.36. The number of piperidine rings is 1. The van der Waals surface area contributed by atoms with Crippen LogP contribution >= 0.6 is 0 Å². The summed E-state index contributed by atoms with van der Waals surface area (Å²) in [4.78, 5) is 13.9. The number of hydrogen-bond donors (Lipinski definition) is 1. The Morgan fingerprint density at radius 3 is 2.50 bits per heavy atom. The molecule has 0 saturated carbocycles. The Kier molecular flexibility index (Phi) is 7.28. The molecule has 0 bridgehead atoms. The predicted octanol–water partition coefficient (Wildman–Crippen LogP) is 1.79. The molecule has 0 radical (unpaired) electrons. The average Bonchev–Trinajstić information content (AvgIpc) is 2.29. The predicted molar refractivity (Wildman–Crippen MR) is 73.6 cm³/mol. The summed E-state index contributed by atoms with van der Waals surface area (Å²) in [5.41, 5.74) is 0. The van der Waals surface area contributed by atoms with Crippen molar-refractivity contribution in [3.8, 4) is 0 Å². The smallest absolute Gasteiger partial charge is 0.307 e. The maximum Gasteiger partial charge on any atom is 0.307 e. The van der Waals surface area contributed by atoms with Crippen molar-refractivity contribution in [1.82, 2.24) is 10.2 Å². The second-order valence-corrected chi connectivity index (χ2v) is 5.34. The molecule has 2 atom stereocenters. The quantitative estimate of drug-likeness (QED) is 0.705. The van der Waals surface area contributed by atoms with Gasteiger partial charge in [-0.05, 0) is 46.7 Å². The number of esters is 1. The lowest BCUT2D eigenvalue weighted by Crippen LogP contribution is -2.45. The number of nitrogens with one attached hydrogen (secondary N) is 1. The summed E-state index contributed by atoms with van der Waals surface area (Å²) in [5, 5.41) is 3.47. The standard InChI is InChI=1S/C14H28N2O2/c1-4-18-14(17)10-12(2)15-13(3)11-16-8-6-5-7-9-16/h12-13,15H,4-11H2,1-3H3. The zero-order chi connectivity index (χ0) is 13.4. The van der Waals surface area contributed by atoms with Gasteiger partial charge in [0.1, 0.15) is 0 Å². The molecule has 1 heterocycles. The van der Waals surface area contributed by atoms with Gasteiger partial charge in [0.15, 0.2) is 0 Å². The molecule has 1 aliphatic rings. The van der Waals surface area contributed by atoms with E-state index in [1.807, 2.05) is 13.8 Å². The van der Waals surface area contributed by atoms with Gasteiger partial charge in [0.25, 0.3) is 0 Å². The molecule has 1 aliphatic heterocycles. The van der Waals surface area contributed by atoms with Crippen LogP contribution in [-0.4, -0.2) is 49.2 Å². The first-order valence-corrected chi connectivity index (χ1v) is 7.25. The lowest BCUT2D eigenvalue weighted by molar-refractivity contribution is -0.143. The van der Waals surface area contributed by atoms with Crippen molar-refractivity contribution in [2.75, 3.05) is 26.2 Å². The minimum absolute atomic E-state index is 0.109. The van der Waals surface area contributed by atoms with Gasteiger partial charge in [-0.1, -0.05) is 6.42 Å². The highest BCUT2D eigenvalue weighted by molar-refractivity contribution is 5.70. The Morgan fingerprint density at radius 2 is 1.89 bits per heavy atom. The summed E-state index contributed by atoms with van der Waals surface area (Å²) in [6.45, 7) is 10.1. The summed E-state index contributed by atoms with van der Waals surface area (Å²) in [6, 6.07) is 0.608. The number of carbonyl (C=O) groups is 1. The van der Waals surface area contributed by atoms with E-state index in [0.717, 1.165) is 6.54 Å². The topological polar surface area (TPSA) is 41.6 Å². The highest BCUT2D eigenvalue weighted by Gasteiger charge is 2.16. The van der Waals surface area contributed by atoms with Crippen molar-refractivity contribution in [3.63, 3.8) is 0 Å². The molecule has 1 fully saturated rings. The van der Waals surface area contributed by atoms with Gasteiger partial charge in [-0.3, -0.25) is 4.79 Å². The molecule has 0 amide bonds. The van der Waals surface area contributed by atoms with Crippen LogP contribution in [0.4, 0.5) is 0 Å². The molecule has 1 saturated heterocycles. The first kappa shape index (κ1) is 15.4. The van der Waals surface area contributed by atoms with Crippen LogP contribution in [0.15, 0.2) is 0 Å². The van der Waals surface area contributed by atoms with E-state index in [-0.39, 0.29) is 12.0 Å². The SMILES string of the molecule is CCOC(=O)CC(C)NC(C)CN1CCCCC1. The molecule has 0 aromatic heterocycles. The van der Waals surface area contributed by atoms with E-state index in [4.69, 9.17) is 4.74 Å². The third-order valence-corrected chi connectivity index (χ3v) is 3.33. The molecule has 1 N–H and O–H groups in total. The van der Waals surface area contributed by atoms with Crippen molar-refractivity contribution in [1.29, 1.82) is 0 Å². The van der Waals surface area contributed by atoms with Gasteiger partial charge < -0.3 is 15.0 Å². The third-order valence-electron chi connectivity index (χ3n) is 3.33. The Labute approximate surface area is 111 Å². The van der Waals surface area contributed by atoms with Gasteiger partial charge in [0.2, 0.25) is 0 Å². The van der Waals surface area contributed by atoms with E-state index < -0.39 is 0 Å². The van der Waals surface area contributed by atoms with Gasteiger partial charge in [-0.25, -0.2) is 0 Å². The fraction of sp³-hybridized carbons (Fsp3) is 0.929. The van der Waals surface area contributed by atoms with E-state index in [1.165, 1.54) is 32.4 Å². The molecule has 4 nitrogen and oxygen atoms in total. The van der Waals surface area contributed by atoms with Crippen molar-refractivity contribution in [3.05, 3.63) is 0 Å². The van der Waals surface area contributed by atoms with Gasteiger partial charge in [-0.15, -0.1) is 0 Å². The second-order valence-electron chi connectivity index (χ2n) is 5.34. The summed E-state index contributed by atoms with van der Waals surface area (Å²) in [6.07, 6.45) is 4.48. The lowest BCUT2D eigenvalue weighted by atomic mass is 10.1. The number of rotatable bonds is 7. The van der Waals surface area contributed by atoms with Crippen LogP contribution < -0.4 is 5.32 Å². The fourth-order valence-corrected chi connectivity index (χ4v) is 2.60. The Hall–Kier alpha value is -0.610. The normalized spacial score (nSPS) is 20.4. The van der Waals surface area contributed by atoms with Crippen molar-refractivity contribution in [2.45, 2.75) is 58.5 Å². The van der Waals surface area contributed by atoms with Crippen LogP contribution in [0.1, 0.15) is 46.5 Å². The van der Waals surface area contributed by atoms with E-state index >= 15 is 0 Å². The van der Waals surface area contributed by atoms with Crippen LogP contribution in [0.3, 0.4) is 0 Å². The zero-order valence-electron chi connectivity index (χ0n) is 12.1. The molecule has 106 valence electrons. The molecule has 1 rings (SSSR count). The molecule has 0 aromatic rings. The maximum atomic E-state index is 11.4. The number of carbonyl (C=O) groups excluding carboxylic acids is 1. The molecule has 0 aliphatic carbocycles. The highest BCUT2D eigenvalue weighted by atomic mass is 16.5. The molecule has 4 heteroatoms. The molecule has 18 heavy (non-hydrogen) atoms. The van der Waals surface area contributed by atoms with Gasteiger partial charge in [0, 0.05) is 18.6 Å². The molecule has 0 spiro atoms. The summed E-state index contributed by atoms with van der Waals surface area (Å²) >= 11 is 0. The van der Waals surface area contributed by atoms with Crippen LogP contribution in [-0.2, 0) is 9.53 Å². The van der Waals surface area contributed by atoms with Crippen molar-refractivity contribution in [2.24, 2.45) is 0 Å². The van der Waals surface area contributed by atoms with Gasteiger partial charge >= 0.3 is 5.97 Å². The average molecular weight is 256 g/mol. The van der Waals surface area contributed by atoms with Gasteiger partial charge in [0.05, 0.1) is 13.0 Å². The monoisotopic (exact) mass is 256 g/mol. The van der Waals surface area contributed by atoms with Crippen LogP contribution in [0.5, 0.6) is 0 Å². The maximum absolute atomic E-state index is 11.4. The van der Waals surface area contributed by atoms with Gasteiger partial charge in [-0.2, -0.15) is 0 Å². The molecule has 2 unspecified atom stereocenters. The van der Waals surface area contributed by atoms with Crippen molar-refractivity contribution >= 4 is 5.97 Å². The minimum Gasteiger partial charge on any atom is -0.466 e. The zero-order valence-corrected chi connectivity index (χ0v) is 12.1. The lowest BCUT2D eigenvalue weighted by Gasteiger charge is -2.30. The Bertz CT molecular complexity index is 240. The van der Waals surface area contributed by atoms with E-state index in [2.05, 4.69) is 17.1 Å². The highest BCUT2D eigenvalue weighted by Crippen LogP contribution is 2.09. The largest absolute Gasteiger partial charge is 0.466 e. The Balaban J connectivity index is 2.17. The Morgan fingerprint density at radius 1 is 1.22 bits per heavy atom. The number of ether oxygens (including phenoxy) is 1. The van der Waals surface area contributed by atoms with Crippen LogP contribution in [0, 0.1) is 0 Å². The molecular weight excluding hydrogens is 228 g/mol. The fourth-order valence-electron chi connectivity index (χ4n) is 2.60. The number of hydrogen-bond acceptors (Lipinski definition) is 4. The van der Waals surface area contributed by atoms with E-state index in [9.17, 15) is 4.79 Å². The van der Waals surface area contributed by atoms with Crippen molar-refractivity contribution < 1.29 is 9.53 Å². The number of nitrogens with zero attached hydrogens (tertiary/aromatic N) is 1. The van der Waals surface area contributed by atoms with Crippen LogP contribution in [0.2, 0.25) is 0 Å². The van der Waals surface area contributed by atoms with Crippen LogP contribution in [0.25, 0.3) is 0 Å². The first-order chi connectivity index (χ1) is 8.61. The second kappa shape index (κ2) is 8.48. The minimum atomic E-state index is -0.109. The first-order valence-electron chi connectivity index (χ1n) is 7.25. The van der Waals surface area contributed by atoms with E-state index in [1.54, 1.807) is 0 Å².